The Hall–Kier alpha value is -2.24. The Bertz CT molecular complexity index is 667. The van der Waals surface area contributed by atoms with E-state index in [0.29, 0.717) is 15.9 Å². The molecule has 0 fully saturated rings. The van der Waals surface area contributed by atoms with Crippen LogP contribution < -0.4 is 15.9 Å². The van der Waals surface area contributed by atoms with E-state index < -0.39 is 6.91 Å². The summed E-state index contributed by atoms with van der Waals surface area (Å²) in [5, 5.41) is 2.04. The van der Waals surface area contributed by atoms with E-state index in [0.717, 1.165) is 0 Å². The first kappa shape index (κ1) is 14.7. The van der Waals surface area contributed by atoms with Gasteiger partial charge in [0.1, 0.15) is 0 Å². The number of rotatable bonds is 4. The Morgan fingerprint density at radius 3 is 1.09 bits per heavy atom. The van der Waals surface area contributed by atoms with E-state index in [2.05, 4.69) is 6.58 Å². The molecule has 0 amide bonds. The summed E-state index contributed by atoms with van der Waals surface area (Å²) in [5.74, 6) is 1.53. The van der Waals surface area contributed by atoms with Crippen LogP contribution in [-0.4, -0.2) is 0 Å². The second-order valence-corrected chi connectivity index (χ2v) is 9.33. The molecule has 22 heavy (non-hydrogen) atoms. The van der Waals surface area contributed by atoms with Crippen LogP contribution in [0.3, 0.4) is 0 Å². The van der Waals surface area contributed by atoms with Gasteiger partial charge in [-0.3, -0.25) is 0 Å². The molecule has 0 aliphatic rings. The molecule has 2 heteroatoms. The number of benzene rings is 3. The predicted molar refractivity (Wildman–Crippen MR) is 96.5 cm³/mol. The summed E-state index contributed by atoms with van der Waals surface area (Å²) in [6.45, 7) is -0.219. The van der Waals surface area contributed by atoms with E-state index in [1.54, 1.807) is 0 Å². The van der Waals surface area contributed by atoms with E-state index in [9.17, 15) is 0 Å². The maximum atomic E-state index is 17.1. The fourth-order valence-electron chi connectivity index (χ4n) is 2.92. The molecule has 0 nitrogen and oxygen atoms in total. The number of hydrogen-bond acceptors (Lipinski definition) is 0. The van der Waals surface area contributed by atoms with Crippen molar-refractivity contribution < 1.29 is 4.20 Å². The molecule has 0 N–H and O–H groups in total. The van der Waals surface area contributed by atoms with Crippen molar-refractivity contribution in [2.45, 2.75) is 0 Å². The van der Waals surface area contributed by atoms with Crippen LogP contribution in [0.15, 0.2) is 103 Å². The van der Waals surface area contributed by atoms with Crippen molar-refractivity contribution in [2.24, 2.45) is 0 Å². The average Bonchev–Trinajstić information content (AvgIpc) is 2.63. The quantitative estimate of drug-likeness (QED) is 0.621. The summed E-state index contributed by atoms with van der Waals surface area (Å²) in [5.41, 5.74) is 0. The Morgan fingerprint density at radius 1 is 0.591 bits per heavy atom. The summed E-state index contributed by atoms with van der Waals surface area (Å²) in [4.78, 5) is 0. The molecule has 0 aromatic heterocycles. The molecule has 0 saturated heterocycles. The van der Waals surface area contributed by atoms with Gasteiger partial charge in [0, 0.05) is 0 Å². The zero-order valence-electron chi connectivity index (χ0n) is 12.3. The van der Waals surface area contributed by atoms with Gasteiger partial charge in [0.2, 0.25) is 0 Å². The fourth-order valence-corrected chi connectivity index (χ4v) is 6.71. The van der Waals surface area contributed by atoms with Crippen molar-refractivity contribution >= 4 is 22.8 Å². The fraction of sp³-hybridized carbons (Fsp3) is 0. The van der Waals surface area contributed by atoms with Gasteiger partial charge in [0.05, 0.1) is 0 Å². The van der Waals surface area contributed by atoms with Gasteiger partial charge in [-0.15, -0.1) is 0 Å². The Balaban J connectivity index is 2.44. The summed E-state index contributed by atoms with van der Waals surface area (Å²) >= 11 is 0. The molecule has 0 bridgehead atoms. The maximum absolute atomic E-state index is 17.1. The van der Waals surface area contributed by atoms with Crippen LogP contribution in [0.1, 0.15) is 0 Å². The third-order valence-electron chi connectivity index (χ3n) is 4.13. The Morgan fingerprint density at radius 2 is 0.864 bits per heavy atom. The molecule has 0 unspecified atom stereocenters. The third kappa shape index (κ3) is 2.01. The predicted octanol–water partition coefficient (Wildman–Crippen LogP) is 4.54. The molecular weight excluding hydrogens is 290 g/mol. The van der Waals surface area contributed by atoms with Gasteiger partial charge in [-0.2, -0.15) is 0 Å². The minimum absolute atomic E-state index is 0.681. The Kier molecular flexibility index (Phi) is 3.68. The van der Waals surface area contributed by atoms with Crippen LogP contribution >= 0.6 is 6.91 Å². The van der Waals surface area contributed by atoms with Crippen LogP contribution in [0.4, 0.5) is 4.20 Å². The summed E-state index contributed by atoms with van der Waals surface area (Å²) < 4.78 is 17.1. The summed E-state index contributed by atoms with van der Waals surface area (Å²) in [7, 11) is 0. The molecule has 3 aromatic rings. The van der Waals surface area contributed by atoms with Crippen molar-refractivity contribution in [1.29, 1.82) is 0 Å². The SMILES string of the molecule is C=CP(F)(c1ccccc1)(c1ccccc1)c1ccccc1. The normalized spacial score (nSPS) is 13.0. The van der Waals surface area contributed by atoms with Crippen molar-refractivity contribution in [3.63, 3.8) is 0 Å². The van der Waals surface area contributed by atoms with E-state index in [1.165, 1.54) is 5.82 Å². The van der Waals surface area contributed by atoms with E-state index in [4.69, 9.17) is 0 Å². The topological polar surface area (TPSA) is 0 Å². The Labute approximate surface area is 131 Å². The molecule has 0 saturated carbocycles. The molecule has 3 rings (SSSR count). The molecular formula is C20H18FP. The van der Waals surface area contributed by atoms with Crippen LogP contribution in [-0.2, 0) is 0 Å². The van der Waals surface area contributed by atoms with Crippen molar-refractivity contribution in [3.8, 4) is 0 Å². The van der Waals surface area contributed by atoms with Gasteiger partial charge < -0.3 is 0 Å². The molecule has 0 atom stereocenters. The molecule has 0 aliphatic heterocycles. The first-order chi connectivity index (χ1) is 10.7. The van der Waals surface area contributed by atoms with Crippen LogP contribution in [0.25, 0.3) is 0 Å². The van der Waals surface area contributed by atoms with Gasteiger partial charge in [0.15, 0.2) is 0 Å². The molecule has 0 heterocycles. The zero-order valence-corrected chi connectivity index (χ0v) is 13.2. The number of hydrogen-bond donors (Lipinski definition) is 0. The van der Waals surface area contributed by atoms with Gasteiger partial charge in [-0.1, -0.05) is 0 Å². The second-order valence-electron chi connectivity index (χ2n) is 5.26. The van der Waals surface area contributed by atoms with Crippen LogP contribution in [0, 0.1) is 0 Å². The standard InChI is InChI=1S/C20H18FP/c1-2-22(21,18-12-6-3-7-13-18,19-14-8-4-9-15-19)20-16-10-5-11-17-20/h2-17H,1H2. The van der Waals surface area contributed by atoms with Crippen LogP contribution in [0.2, 0.25) is 0 Å². The van der Waals surface area contributed by atoms with E-state index in [-0.39, 0.29) is 0 Å². The second kappa shape index (κ2) is 5.51. The molecule has 0 radical (unpaired) electrons. The molecule has 0 aliphatic carbocycles. The van der Waals surface area contributed by atoms with Gasteiger partial charge in [0.25, 0.3) is 0 Å². The summed E-state index contributed by atoms with van der Waals surface area (Å²) in [6, 6.07) is 28.2. The zero-order chi connectivity index (χ0) is 15.5. The van der Waals surface area contributed by atoms with Crippen molar-refractivity contribution in [2.75, 3.05) is 0 Å². The average molecular weight is 308 g/mol. The first-order valence-electron chi connectivity index (χ1n) is 7.24. The molecule has 110 valence electrons. The van der Waals surface area contributed by atoms with Gasteiger partial charge in [-0.25, -0.2) is 0 Å². The first-order valence-corrected chi connectivity index (χ1v) is 9.43. The van der Waals surface area contributed by atoms with Crippen molar-refractivity contribution in [1.82, 2.24) is 0 Å². The monoisotopic (exact) mass is 308 g/mol. The number of halogens is 1. The van der Waals surface area contributed by atoms with E-state index in [1.807, 2.05) is 91.0 Å². The van der Waals surface area contributed by atoms with Gasteiger partial charge >= 0.3 is 130 Å². The molecule has 0 spiro atoms. The van der Waals surface area contributed by atoms with Gasteiger partial charge in [-0.05, 0) is 0 Å². The third-order valence-corrected chi connectivity index (χ3v) is 8.74. The summed E-state index contributed by atoms with van der Waals surface area (Å²) in [6.07, 6.45) is 0. The van der Waals surface area contributed by atoms with Crippen LogP contribution in [0.5, 0.6) is 0 Å². The molecule has 3 aromatic carbocycles. The minimum atomic E-state index is -4.14. The van der Waals surface area contributed by atoms with E-state index >= 15 is 4.20 Å². The van der Waals surface area contributed by atoms with Crippen molar-refractivity contribution in [3.05, 3.63) is 103 Å².